The highest BCUT2D eigenvalue weighted by atomic mass is 35.5. The molecule has 0 aliphatic heterocycles. The van der Waals surface area contributed by atoms with Gasteiger partial charge in [-0.05, 0) is 61.4 Å². The Labute approximate surface area is 162 Å². The van der Waals surface area contributed by atoms with Crippen LogP contribution in [0.3, 0.4) is 0 Å². The number of hydrogen-bond acceptors (Lipinski definition) is 5. The van der Waals surface area contributed by atoms with Crippen LogP contribution in [0.1, 0.15) is 18.1 Å². The molecule has 2 rings (SSSR count). The topological polar surface area (TPSA) is 65.0 Å². The SMILES string of the molecule is Cc1cc(Cl)ccc1OC(C)(Oc1ccc(Cl)cc1C)C(=O)OCCO. The number of aliphatic hydroxyl groups excluding tert-OH is 1. The van der Waals surface area contributed by atoms with Crippen LogP contribution in [0.25, 0.3) is 0 Å². The van der Waals surface area contributed by atoms with Crippen molar-refractivity contribution in [2.24, 2.45) is 0 Å². The molecule has 0 radical (unpaired) electrons. The molecule has 140 valence electrons. The Morgan fingerprint density at radius 2 is 1.46 bits per heavy atom. The Morgan fingerprint density at radius 3 is 1.85 bits per heavy atom. The number of hydrogen-bond donors (Lipinski definition) is 1. The molecular weight excluding hydrogens is 379 g/mol. The highest BCUT2D eigenvalue weighted by Gasteiger charge is 2.41. The van der Waals surface area contributed by atoms with Crippen molar-refractivity contribution in [2.45, 2.75) is 26.6 Å². The molecule has 0 aliphatic rings. The number of ether oxygens (including phenoxy) is 3. The number of halogens is 2. The van der Waals surface area contributed by atoms with Crippen LogP contribution < -0.4 is 9.47 Å². The van der Waals surface area contributed by atoms with Crippen LogP contribution in [0, 0.1) is 13.8 Å². The minimum atomic E-state index is -1.77. The first kappa shape index (κ1) is 20.4. The fraction of sp³-hybridized carbons (Fsp3) is 0.316. The monoisotopic (exact) mass is 398 g/mol. The van der Waals surface area contributed by atoms with Gasteiger partial charge in [0.15, 0.2) is 0 Å². The lowest BCUT2D eigenvalue weighted by Crippen LogP contribution is -2.49. The Morgan fingerprint density at radius 1 is 1.00 bits per heavy atom. The molecule has 0 fully saturated rings. The first-order valence-corrected chi connectivity index (χ1v) is 8.69. The third-order valence-electron chi connectivity index (χ3n) is 3.58. The van der Waals surface area contributed by atoms with E-state index < -0.39 is 11.8 Å². The van der Waals surface area contributed by atoms with Gasteiger partial charge in [-0.2, -0.15) is 0 Å². The lowest BCUT2D eigenvalue weighted by Gasteiger charge is -2.30. The molecule has 0 spiro atoms. The summed E-state index contributed by atoms with van der Waals surface area (Å²) in [6.07, 6.45) is 0. The van der Waals surface area contributed by atoms with Gasteiger partial charge in [-0.1, -0.05) is 23.2 Å². The summed E-state index contributed by atoms with van der Waals surface area (Å²) in [7, 11) is 0. The molecule has 0 heterocycles. The van der Waals surface area contributed by atoms with Gasteiger partial charge < -0.3 is 19.3 Å². The largest absolute Gasteiger partial charge is 0.458 e. The average Bonchev–Trinajstić information content (AvgIpc) is 2.58. The van der Waals surface area contributed by atoms with E-state index in [1.54, 1.807) is 50.2 Å². The normalized spacial score (nSPS) is 11.2. The van der Waals surface area contributed by atoms with Gasteiger partial charge in [0.1, 0.15) is 18.1 Å². The Bertz CT molecular complexity index is 738. The Hall–Kier alpha value is -1.95. The molecular formula is C19H20Cl2O5. The number of benzene rings is 2. The van der Waals surface area contributed by atoms with E-state index in [0.717, 1.165) is 11.1 Å². The molecule has 0 aromatic heterocycles. The Kier molecular flexibility index (Phi) is 6.75. The van der Waals surface area contributed by atoms with Crippen molar-refractivity contribution in [3.63, 3.8) is 0 Å². The Balaban J connectivity index is 2.36. The molecule has 0 aliphatic carbocycles. The second-order valence-electron chi connectivity index (χ2n) is 5.83. The predicted molar refractivity (Wildman–Crippen MR) is 100 cm³/mol. The smallest absolute Gasteiger partial charge is 0.392 e. The van der Waals surface area contributed by atoms with Crippen molar-refractivity contribution in [3.05, 3.63) is 57.6 Å². The highest BCUT2D eigenvalue weighted by molar-refractivity contribution is 6.31. The van der Waals surface area contributed by atoms with Crippen LogP contribution >= 0.6 is 23.2 Å². The molecule has 0 unspecified atom stereocenters. The van der Waals surface area contributed by atoms with Crippen LogP contribution in [-0.4, -0.2) is 30.1 Å². The maximum atomic E-state index is 12.6. The quantitative estimate of drug-likeness (QED) is 0.555. The summed E-state index contributed by atoms with van der Waals surface area (Å²) in [6.45, 7) is 4.58. The molecule has 0 atom stereocenters. The summed E-state index contributed by atoms with van der Waals surface area (Å²) in [5, 5.41) is 10.0. The zero-order valence-corrected chi connectivity index (χ0v) is 16.2. The van der Waals surface area contributed by atoms with Crippen molar-refractivity contribution in [3.8, 4) is 11.5 Å². The highest BCUT2D eigenvalue weighted by Crippen LogP contribution is 2.30. The van der Waals surface area contributed by atoms with E-state index in [9.17, 15) is 4.79 Å². The number of carbonyl (C=O) groups is 1. The molecule has 0 saturated heterocycles. The van der Waals surface area contributed by atoms with Gasteiger partial charge in [0, 0.05) is 17.0 Å². The summed E-state index contributed by atoms with van der Waals surface area (Å²) in [5.41, 5.74) is 1.46. The van der Waals surface area contributed by atoms with Crippen molar-refractivity contribution < 1.29 is 24.1 Å². The van der Waals surface area contributed by atoms with E-state index in [-0.39, 0.29) is 13.2 Å². The molecule has 26 heavy (non-hydrogen) atoms. The van der Waals surface area contributed by atoms with E-state index in [1.807, 2.05) is 0 Å². The summed E-state index contributed by atoms with van der Waals surface area (Å²) < 4.78 is 16.8. The molecule has 7 heteroatoms. The zero-order valence-electron chi connectivity index (χ0n) is 14.7. The molecule has 2 aromatic carbocycles. The van der Waals surface area contributed by atoms with E-state index in [2.05, 4.69) is 0 Å². The summed E-state index contributed by atoms with van der Waals surface area (Å²) in [4.78, 5) is 12.6. The molecule has 5 nitrogen and oxygen atoms in total. The van der Waals surface area contributed by atoms with Crippen LogP contribution in [0.4, 0.5) is 0 Å². The summed E-state index contributed by atoms with van der Waals surface area (Å²) in [6, 6.07) is 10.0. The van der Waals surface area contributed by atoms with Crippen LogP contribution in [0.5, 0.6) is 11.5 Å². The molecule has 2 aromatic rings. The number of aliphatic hydroxyl groups is 1. The van der Waals surface area contributed by atoms with Crippen LogP contribution in [0.15, 0.2) is 36.4 Å². The van der Waals surface area contributed by atoms with Gasteiger partial charge >= 0.3 is 11.8 Å². The first-order valence-electron chi connectivity index (χ1n) is 7.93. The third-order valence-corrected chi connectivity index (χ3v) is 4.05. The lowest BCUT2D eigenvalue weighted by atomic mass is 10.2. The second-order valence-corrected chi connectivity index (χ2v) is 6.70. The van der Waals surface area contributed by atoms with Crippen molar-refractivity contribution >= 4 is 29.2 Å². The second kappa shape index (κ2) is 8.62. The average molecular weight is 399 g/mol. The minimum Gasteiger partial charge on any atom is -0.458 e. The van der Waals surface area contributed by atoms with Crippen LogP contribution in [-0.2, 0) is 9.53 Å². The van der Waals surface area contributed by atoms with Gasteiger partial charge in [-0.25, -0.2) is 4.79 Å². The fourth-order valence-corrected chi connectivity index (χ4v) is 2.70. The number of aryl methyl sites for hydroxylation is 2. The molecule has 0 saturated carbocycles. The van der Waals surface area contributed by atoms with Crippen LogP contribution in [0.2, 0.25) is 10.0 Å². The summed E-state index contributed by atoms with van der Waals surface area (Å²) in [5.74, 6) is -1.70. The molecule has 0 amide bonds. The maximum absolute atomic E-state index is 12.6. The number of esters is 1. The van der Waals surface area contributed by atoms with Crippen molar-refractivity contribution in [1.82, 2.24) is 0 Å². The first-order chi connectivity index (χ1) is 12.2. The van der Waals surface area contributed by atoms with E-state index in [4.69, 9.17) is 42.5 Å². The molecule has 1 N–H and O–H groups in total. The predicted octanol–water partition coefficient (Wildman–Crippen LogP) is 4.32. The van der Waals surface area contributed by atoms with Gasteiger partial charge in [-0.3, -0.25) is 0 Å². The van der Waals surface area contributed by atoms with Gasteiger partial charge in [0.2, 0.25) is 0 Å². The maximum Gasteiger partial charge on any atom is 0.392 e. The fourth-order valence-electron chi connectivity index (χ4n) is 2.25. The lowest BCUT2D eigenvalue weighted by molar-refractivity contribution is -0.188. The zero-order chi connectivity index (χ0) is 19.3. The van der Waals surface area contributed by atoms with Gasteiger partial charge in [-0.15, -0.1) is 0 Å². The summed E-state index contributed by atoms with van der Waals surface area (Å²) >= 11 is 11.9. The van der Waals surface area contributed by atoms with E-state index >= 15 is 0 Å². The van der Waals surface area contributed by atoms with E-state index in [1.165, 1.54) is 6.92 Å². The number of carbonyl (C=O) groups excluding carboxylic acids is 1. The third kappa shape index (κ3) is 5.04. The standard InChI is InChI=1S/C19H20Cl2O5/c1-12-10-14(20)4-6-16(12)25-19(3,18(23)24-9-8-22)26-17-7-5-15(21)11-13(17)2/h4-7,10-11,22H,8-9H2,1-3H3. The van der Waals surface area contributed by atoms with Crippen molar-refractivity contribution in [1.29, 1.82) is 0 Å². The van der Waals surface area contributed by atoms with Crippen molar-refractivity contribution in [2.75, 3.05) is 13.2 Å². The number of rotatable bonds is 7. The van der Waals surface area contributed by atoms with Gasteiger partial charge in [0.25, 0.3) is 0 Å². The van der Waals surface area contributed by atoms with Gasteiger partial charge in [0.05, 0.1) is 6.61 Å². The van der Waals surface area contributed by atoms with E-state index in [0.29, 0.717) is 21.5 Å². The molecule has 0 bridgehead atoms. The minimum absolute atomic E-state index is 0.166.